The largest absolute Gasteiger partial charge is 0.497 e. The molecule has 114 valence electrons. The summed E-state index contributed by atoms with van der Waals surface area (Å²) in [5, 5.41) is 0. The average molecular weight is 288 g/mol. The first-order valence-electron chi connectivity index (χ1n) is 7.97. The van der Waals surface area contributed by atoms with Gasteiger partial charge in [0.05, 0.1) is 20.0 Å². The van der Waals surface area contributed by atoms with E-state index in [0.29, 0.717) is 5.78 Å². The second-order valence-electron chi connectivity index (χ2n) is 7.37. The van der Waals surface area contributed by atoms with E-state index in [9.17, 15) is 4.79 Å². The van der Waals surface area contributed by atoms with Crippen LogP contribution in [-0.4, -0.2) is 24.0 Å². The lowest BCUT2D eigenvalue weighted by molar-refractivity contribution is -1.02. The molecule has 0 aromatic heterocycles. The van der Waals surface area contributed by atoms with Gasteiger partial charge in [0, 0.05) is 18.4 Å². The van der Waals surface area contributed by atoms with Crippen molar-refractivity contribution in [2.45, 2.75) is 63.6 Å². The second-order valence-corrected chi connectivity index (χ2v) is 7.37. The number of Topliss-reactive ketones (excluding diaryl/α,β-unsaturated/α-hetero) is 1. The van der Waals surface area contributed by atoms with Crippen LogP contribution in [-0.2, 0) is 11.3 Å². The SMILES string of the molecule is COc1ccc(C[NH+]2C3(C)CCCC2(C)CC(=O)C3)cc1. The fraction of sp³-hybridized carbons (Fsp3) is 0.611. The molecule has 3 nitrogen and oxygen atoms in total. The van der Waals surface area contributed by atoms with E-state index < -0.39 is 0 Å². The first-order valence-corrected chi connectivity index (χ1v) is 7.97. The van der Waals surface area contributed by atoms with Gasteiger partial charge in [-0.2, -0.15) is 0 Å². The number of ether oxygens (including phenoxy) is 1. The van der Waals surface area contributed by atoms with E-state index in [1.54, 1.807) is 12.0 Å². The molecule has 0 radical (unpaired) electrons. The molecule has 2 heterocycles. The third-order valence-corrected chi connectivity index (χ3v) is 5.63. The molecule has 21 heavy (non-hydrogen) atoms. The smallest absolute Gasteiger partial charge is 0.145 e. The monoisotopic (exact) mass is 288 g/mol. The molecule has 2 fully saturated rings. The van der Waals surface area contributed by atoms with E-state index in [0.717, 1.165) is 25.1 Å². The number of carbonyl (C=O) groups excluding carboxylic acids is 1. The highest BCUT2D eigenvalue weighted by atomic mass is 16.5. The summed E-state index contributed by atoms with van der Waals surface area (Å²) in [6, 6.07) is 8.38. The Hall–Kier alpha value is -1.35. The summed E-state index contributed by atoms with van der Waals surface area (Å²) >= 11 is 0. The predicted octanol–water partition coefficient (Wildman–Crippen LogP) is 2.14. The predicted molar refractivity (Wildman–Crippen MR) is 82.6 cm³/mol. The zero-order valence-electron chi connectivity index (χ0n) is 13.4. The third-order valence-electron chi connectivity index (χ3n) is 5.63. The van der Waals surface area contributed by atoms with Gasteiger partial charge in [-0.15, -0.1) is 0 Å². The quantitative estimate of drug-likeness (QED) is 0.924. The van der Waals surface area contributed by atoms with Gasteiger partial charge in [0.1, 0.15) is 29.2 Å². The Balaban J connectivity index is 1.86. The van der Waals surface area contributed by atoms with Gasteiger partial charge in [0.15, 0.2) is 0 Å². The topological polar surface area (TPSA) is 30.7 Å². The fourth-order valence-electron chi connectivity index (χ4n) is 4.60. The first-order chi connectivity index (χ1) is 9.95. The zero-order valence-corrected chi connectivity index (χ0v) is 13.4. The van der Waals surface area contributed by atoms with Crippen LogP contribution in [0, 0.1) is 0 Å². The summed E-state index contributed by atoms with van der Waals surface area (Å²) in [6.45, 7) is 5.62. The summed E-state index contributed by atoms with van der Waals surface area (Å²) in [6.07, 6.45) is 5.08. The highest BCUT2D eigenvalue weighted by Gasteiger charge is 2.55. The van der Waals surface area contributed by atoms with Gasteiger partial charge in [0.2, 0.25) is 0 Å². The normalized spacial score (nSPS) is 35.6. The van der Waals surface area contributed by atoms with E-state index in [1.165, 1.54) is 24.8 Å². The highest BCUT2D eigenvalue weighted by Crippen LogP contribution is 2.34. The van der Waals surface area contributed by atoms with Gasteiger partial charge in [-0.25, -0.2) is 0 Å². The van der Waals surface area contributed by atoms with Crippen LogP contribution in [0.15, 0.2) is 24.3 Å². The van der Waals surface area contributed by atoms with Crippen LogP contribution in [0.5, 0.6) is 5.75 Å². The highest BCUT2D eigenvalue weighted by molar-refractivity contribution is 5.81. The molecule has 3 heteroatoms. The fourth-order valence-corrected chi connectivity index (χ4v) is 4.60. The Morgan fingerprint density at radius 3 is 2.19 bits per heavy atom. The van der Waals surface area contributed by atoms with Crippen LogP contribution in [0.2, 0.25) is 0 Å². The molecule has 2 saturated heterocycles. The Morgan fingerprint density at radius 2 is 1.67 bits per heavy atom. The standard InChI is InChI=1S/C18H25NO2/c1-17-9-4-10-18(2,12-15(20)11-17)19(17)13-14-5-7-16(21-3)8-6-14/h5-8H,4,9-13H2,1-3H3/p+1. The van der Waals surface area contributed by atoms with Crippen LogP contribution in [0.3, 0.4) is 0 Å². The van der Waals surface area contributed by atoms with Crippen LogP contribution >= 0.6 is 0 Å². The molecule has 2 unspecified atom stereocenters. The van der Waals surface area contributed by atoms with Gasteiger partial charge < -0.3 is 9.64 Å². The van der Waals surface area contributed by atoms with Gasteiger partial charge in [0.25, 0.3) is 0 Å². The molecule has 1 aromatic rings. The van der Waals surface area contributed by atoms with Crippen molar-refractivity contribution in [2.24, 2.45) is 0 Å². The number of piperidine rings is 2. The van der Waals surface area contributed by atoms with Crippen molar-refractivity contribution < 1.29 is 14.4 Å². The van der Waals surface area contributed by atoms with E-state index >= 15 is 0 Å². The second kappa shape index (κ2) is 5.13. The van der Waals surface area contributed by atoms with E-state index in [-0.39, 0.29) is 11.1 Å². The zero-order chi connectivity index (χ0) is 15.1. The molecule has 2 aliphatic heterocycles. The number of nitrogens with one attached hydrogen (secondary N) is 1. The molecule has 3 rings (SSSR count). The maximum Gasteiger partial charge on any atom is 0.145 e. The molecule has 2 atom stereocenters. The lowest BCUT2D eigenvalue weighted by Gasteiger charge is -2.55. The van der Waals surface area contributed by atoms with Crippen molar-refractivity contribution >= 4 is 5.78 Å². The summed E-state index contributed by atoms with van der Waals surface area (Å²) < 4.78 is 5.24. The Kier molecular flexibility index (Phi) is 3.56. The molecule has 0 amide bonds. The Morgan fingerprint density at radius 1 is 1.10 bits per heavy atom. The van der Waals surface area contributed by atoms with Gasteiger partial charge >= 0.3 is 0 Å². The minimum absolute atomic E-state index is 0.113. The van der Waals surface area contributed by atoms with Crippen molar-refractivity contribution in [1.29, 1.82) is 0 Å². The molecule has 0 spiro atoms. The number of hydrogen-bond donors (Lipinski definition) is 1. The number of carbonyl (C=O) groups is 1. The van der Waals surface area contributed by atoms with E-state index in [1.807, 2.05) is 12.1 Å². The van der Waals surface area contributed by atoms with E-state index in [2.05, 4.69) is 26.0 Å². The molecular weight excluding hydrogens is 262 g/mol. The molecule has 1 N–H and O–H groups in total. The molecule has 2 bridgehead atoms. The number of benzene rings is 1. The molecule has 2 aliphatic rings. The number of quaternary nitrogens is 1. The van der Waals surface area contributed by atoms with Crippen LogP contribution in [0.1, 0.15) is 51.5 Å². The third kappa shape index (κ3) is 2.59. The average Bonchev–Trinajstić information content (AvgIpc) is 2.42. The molecule has 0 saturated carbocycles. The number of ketones is 1. The molecule has 1 aromatic carbocycles. The van der Waals surface area contributed by atoms with Gasteiger partial charge in [-0.3, -0.25) is 4.79 Å². The summed E-state index contributed by atoms with van der Waals surface area (Å²) in [4.78, 5) is 13.7. The molecular formula is C18H26NO2+. The van der Waals surface area contributed by atoms with Crippen molar-refractivity contribution in [1.82, 2.24) is 0 Å². The maximum absolute atomic E-state index is 12.1. The van der Waals surface area contributed by atoms with Crippen LogP contribution in [0.4, 0.5) is 0 Å². The van der Waals surface area contributed by atoms with Crippen molar-refractivity contribution in [3.05, 3.63) is 29.8 Å². The summed E-state index contributed by atoms with van der Waals surface area (Å²) in [5.41, 5.74) is 1.56. The van der Waals surface area contributed by atoms with Gasteiger partial charge in [-0.05, 0) is 44.5 Å². The van der Waals surface area contributed by atoms with Crippen LogP contribution < -0.4 is 9.64 Å². The summed E-state index contributed by atoms with van der Waals surface area (Å²) in [7, 11) is 1.70. The number of fused-ring (bicyclic) bond motifs is 2. The number of methoxy groups -OCH3 is 1. The number of rotatable bonds is 3. The van der Waals surface area contributed by atoms with Crippen molar-refractivity contribution in [3.63, 3.8) is 0 Å². The van der Waals surface area contributed by atoms with Crippen molar-refractivity contribution in [3.8, 4) is 5.75 Å². The minimum Gasteiger partial charge on any atom is -0.497 e. The van der Waals surface area contributed by atoms with Crippen molar-refractivity contribution in [2.75, 3.05) is 7.11 Å². The Labute approximate surface area is 127 Å². The van der Waals surface area contributed by atoms with Crippen LogP contribution in [0.25, 0.3) is 0 Å². The lowest BCUT2D eigenvalue weighted by Crippen LogP contribution is -3.27. The summed E-state index contributed by atoms with van der Waals surface area (Å²) in [5.74, 6) is 1.36. The maximum atomic E-state index is 12.1. The van der Waals surface area contributed by atoms with Gasteiger partial charge in [-0.1, -0.05) is 0 Å². The first kappa shape index (κ1) is 14.6. The Bertz CT molecular complexity index is 517. The molecule has 0 aliphatic carbocycles. The minimum atomic E-state index is 0.113. The van der Waals surface area contributed by atoms with E-state index in [4.69, 9.17) is 4.74 Å². The lowest BCUT2D eigenvalue weighted by atomic mass is 9.68. The number of hydrogen-bond acceptors (Lipinski definition) is 2.